The molecule has 1 aliphatic heterocycles. The summed E-state index contributed by atoms with van der Waals surface area (Å²) in [6, 6.07) is 46.9. The van der Waals surface area contributed by atoms with Crippen LogP contribution in [0.5, 0.6) is 0 Å². The Morgan fingerprint density at radius 2 is 1.33 bits per heavy atom. The molecule has 1 heterocycles. The van der Waals surface area contributed by atoms with Gasteiger partial charge in [-0.1, -0.05) is 128 Å². The van der Waals surface area contributed by atoms with Crippen LogP contribution in [0.1, 0.15) is 31.9 Å². The van der Waals surface area contributed by atoms with Crippen molar-refractivity contribution in [2.24, 2.45) is 0 Å². The molecule has 42 heavy (non-hydrogen) atoms. The minimum Gasteiger partial charge on any atom is -0.184 e. The minimum atomic E-state index is -0.826. The SMILES string of the molecule is Cc1cc2c(-c3ccccc3-c3ccccc3)c(C(C)(C)C)ccc2[cH-]1.[Cl][Zr+2][Cl].[c-]1cccc2c1[Si]c1ccccc1-2. The second-order valence-corrected chi connectivity index (χ2v) is 16.4. The summed E-state index contributed by atoms with van der Waals surface area (Å²) in [6.07, 6.45) is 0. The molecule has 0 fully saturated rings. The number of aryl methyl sites for hydroxylation is 1. The molecule has 0 spiro atoms. The van der Waals surface area contributed by atoms with Gasteiger partial charge in [-0.25, -0.2) is 0 Å². The first kappa shape index (κ1) is 30.8. The van der Waals surface area contributed by atoms with Crippen molar-refractivity contribution in [2.75, 3.05) is 0 Å². The third-order valence-electron chi connectivity index (χ3n) is 7.46. The van der Waals surface area contributed by atoms with Gasteiger partial charge in [0, 0.05) is 0 Å². The van der Waals surface area contributed by atoms with E-state index in [9.17, 15) is 0 Å². The fourth-order valence-electron chi connectivity index (χ4n) is 5.64. The molecule has 0 atom stereocenters. The summed E-state index contributed by atoms with van der Waals surface area (Å²) in [7, 11) is 10.7. The van der Waals surface area contributed by atoms with E-state index in [4.69, 9.17) is 17.0 Å². The zero-order valence-electron chi connectivity index (χ0n) is 24.3. The quantitative estimate of drug-likeness (QED) is 0.126. The molecule has 6 aromatic rings. The molecule has 7 rings (SSSR count). The normalized spacial score (nSPS) is 11.4. The van der Waals surface area contributed by atoms with E-state index in [1.807, 2.05) is 6.07 Å². The number of halogens is 2. The number of hydrogen-bond donors (Lipinski definition) is 0. The summed E-state index contributed by atoms with van der Waals surface area (Å²) in [6.45, 7) is 9.10. The number of hydrogen-bond acceptors (Lipinski definition) is 0. The molecule has 4 heteroatoms. The van der Waals surface area contributed by atoms with Crippen LogP contribution in [-0.2, 0) is 26.3 Å². The second kappa shape index (κ2) is 13.8. The molecule has 206 valence electrons. The van der Waals surface area contributed by atoms with Crippen molar-refractivity contribution in [3.05, 3.63) is 139 Å². The van der Waals surface area contributed by atoms with Crippen LogP contribution in [0.4, 0.5) is 0 Å². The molecule has 6 aromatic carbocycles. The van der Waals surface area contributed by atoms with Crippen molar-refractivity contribution >= 4 is 47.7 Å². The van der Waals surface area contributed by atoms with E-state index in [1.54, 1.807) is 0 Å². The van der Waals surface area contributed by atoms with Crippen molar-refractivity contribution in [1.29, 1.82) is 0 Å². The molecule has 0 aliphatic carbocycles. The minimum absolute atomic E-state index is 0.0818. The standard InChI is InChI=1S/C26H25.C12H7Si.2ClH.Zr/c1-18-16-20-14-15-24(26(2,3)4)25(23(20)17-18)22-13-9-8-12-21(22)19-10-6-5-7-11-19;1-3-7-11-9(5-1)10-6-2-4-8-12(10)13-11;;;/h5-17H,1-4H3;1-7H;2*1H;/q2*-1;;;+4/p-2. The fraction of sp³-hybridized carbons (Fsp3) is 0.132. The molecule has 0 N–H and O–H groups in total. The zero-order chi connectivity index (χ0) is 29.7. The van der Waals surface area contributed by atoms with Gasteiger partial charge in [0.05, 0.1) is 9.52 Å². The predicted octanol–water partition coefficient (Wildman–Crippen LogP) is 10.00. The molecule has 2 radical (unpaired) electrons. The van der Waals surface area contributed by atoms with Crippen LogP contribution in [0.3, 0.4) is 0 Å². The van der Waals surface area contributed by atoms with E-state index in [0.29, 0.717) is 0 Å². The van der Waals surface area contributed by atoms with Gasteiger partial charge in [0.25, 0.3) is 0 Å². The fourth-order valence-corrected chi connectivity index (χ4v) is 6.95. The van der Waals surface area contributed by atoms with Crippen molar-refractivity contribution in [1.82, 2.24) is 0 Å². The Balaban J connectivity index is 0.000000183. The van der Waals surface area contributed by atoms with Gasteiger partial charge in [-0.05, 0) is 22.1 Å². The average molecular weight is 679 g/mol. The monoisotopic (exact) mass is 676 g/mol. The first-order valence-corrected chi connectivity index (χ1v) is 21.3. The van der Waals surface area contributed by atoms with E-state index in [0.717, 1.165) is 9.52 Å². The van der Waals surface area contributed by atoms with Crippen molar-refractivity contribution in [3.63, 3.8) is 0 Å². The molecular weight excluding hydrogens is 647 g/mol. The Bertz CT molecular complexity index is 1750. The van der Waals surface area contributed by atoms with Crippen LogP contribution in [0.2, 0.25) is 0 Å². The number of fused-ring (bicyclic) bond motifs is 4. The summed E-state index contributed by atoms with van der Waals surface area (Å²) in [5.74, 6) is 0. The summed E-state index contributed by atoms with van der Waals surface area (Å²) in [5, 5.41) is 5.51. The molecule has 1 aliphatic rings. The Morgan fingerprint density at radius 3 is 2.05 bits per heavy atom. The van der Waals surface area contributed by atoms with E-state index >= 15 is 0 Å². The summed E-state index contributed by atoms with van der Waals surface area (Å²) in [4.78, 5) is 0. The van der Waals surface area contributed by atoms with E-state index in [2.05, 4.69) is 149 Å². The molecule has 0 unspecified atom stereocenters. The Morgan fingerprint density at radius 1 is 0.714 bits per heavy atom. The van der Waals surface area contributed by atoms with Gasteiger partial charge >= 0.3 is 37.9 Å². The van der Waals surface area contributed by atoms with Gasteiger partial charge in [-0.15, -0.1) is 40.1 Å². The summed E-state index contributed by atoms with van der Waals surface area (Å²) in [5.41, 5.74) is 10.8. The Labute approximate surface area is 271 Å². The Kier molecular flexibility index (Phi) is 10.1. The first-order valence-electron chi connectivity index (χ1n) is 14.0. The molecular formula is C38H32Cl2SiZr. The Hall–Kier alpha value is -2.61. The molecule has 0 amide bonds. The van der Waals surface area contributed by atoms with Gasteiger partial charge in [0.2, 0.25) is 0 Å². The zero-order valence-corrected chi connectivity index (χ0v) is 29.3. The van der Waals surface area contributed by atoms with Crippen molar-refractivity contribution < 1.29 is 20.8 Å². The van der Waals surface area contributed by atoms with Gasteiger partial charge in [0.15, 0.2) is 0 Å². The van der Waals surface area contributed by atoms with Gasteiger partial charge in [0.1, 0.15) is 0 Å². The van der Waals surface area contributed by atoms with E-state index in [-0.39, 0.29) is 5.41 Å². The molecule has 0 aromatic heterocycles. The number of benzene rings is 5. The summed E-state index contributed by atoms with van der Waals surface area (Å²) < 4.78 is 0. The number of rotatable bonds is 2. The van der Waals surface area contributed by atoms with Crippen LogP contribution in [0.25, 0.3) is 44.2 Å². The van der Waals surface area contributed by atoms with Gasteiger partial charge < -0.3 is 0 Å². The largest absolute Gasteiger partial charge is 0.184 e. The maximum atomic E-state index is 4.93. The molecule has 0 bridgehead atoms. The van der Waals surface area contributed by atoms with Crippen molar-refractivity contribution in [2.45, 2.75) is 33.1 Å². The third-order valence-corrected chi connectivity index (χ3v) is 8.83. The van der Waals surface area contributed by atoms with Crippen LogP contribution < -0.4 is 10.4 Å². The average Bonchev–Trinajstić information content (AvgIpc) is 3.57. The van der Waals surface area contributed by atoms with Crippen LogP contribution in [0, 0.1) is 13.0 Å². The van der Waals surface area contributed by atoms with Crippen LogP contribution >= 0.6 is 17.0 Å². The molecule has 0 saturated heterocycles. The van der Waals surface area contributed by atoms with Crippen molar-refractivity contribution in [3.8, 4) is 33.4 Å². The topological polar surface area (TPSA) is 0 Å². The first-order chi connectivity index (χ1) is 20.3. The maximum Gasteiger partial charge on any atom is 0.0920 e. The predicted molar refractivity (Wildman–Crippen MR) is 181 cm³/mol. The van der Waals surface area contributed by atoms with Gasteiger partial charge in [-0.3, -0.25) is 0 Å². The third kappa shape index (κ3) is 6.79. The van der Waals surface area contributed by atoms with Crippen LogP contribution in [0.15, 0.2) is 121 Å². The van der Waals surface area contributed by atoms with Gasteiger partial charge in [-0.2, -0.15) is 35.5 Å². The molecule has 0 saturated carbocycles. The summed E-state index contributed by atoms with van der Waals surface area (Å²) >= 11 is -0.826. The van der Waals surface area contributed by atoms with E-state index < -0.39 is 20.8 Å². The molecule has 0 nitrogen and oxygen atoms in total. The maximum absolute atomic E-state index is 4.93. The van der Waals surface area contributed by atoms with Crippen LogP contribution in [-0.4, -0.2) is 9.52 Å². The van der Waals surface area contributed by atoms with E-state index in [1.165, 1.54) is 65.7 Å². The second-order valence-electron chi connectivity index (χ2n) is 11.4. The smallest absolute Gasteiger partial charge is 0.0920 e.